The summed E-state index contributed by atoms with van der Waals surface area (Å²) in [6.07, 6.45) is 0. The average molecular weight is 315 g/mol. The summed E-state index contributed by atoms with van der Waals surface area (Å²) in [5, 5.41) is 3.82. The molecule has 0 atom stereocenters. The fraction of sp³-hybridized carbons (Fsp3) is 0.0769. The van der Waals surface area contributed by atoms with Gasteiger partial charge >= 0.3 is 0 Å². The molecule has 1 nitrogen and oxygen atoms in total. The molecule has 0 heterocycles. The molecule has 0 amide bonds. The van der Waals surface area contributed by atoms with E-state index in [-0.39, 0.29) is 5.82 Å². The highest BCUT2D eigenvalue weighted by Gasteiger charge is 2.03. The zero-order valence-electron chi connectivity index (χ0n) is 8.88. The van der Waals surface area contributed by atoms with E-state index < -0.39 is 0 Å². The number of anilines is 1. The van der Waals surface area contributed by atoms with Gasteiger partial charge in [0.05, 0.1) is 10.7 Å². The van der Waals surface area contributed by atoms with Crippen molar-refractivity contribution in [3.05, 3.63) is 63.3 Å². The van der Waals surface area contributed by atoms with Crippen LogP contribution in [-0.2, 0) is 6.54 Å². The van der Waals surface area contributed by atoms with E-state index in [1.165, 1.54) is 12.1 Å². The largest absolute Gasteiger partial charge is 0.380 e. The quantitative estimate of drug-likeness (QED) is 0.853. The smallest absolute Gasteiger partial charge is 0.123 e. The molecule has 2 aromatic rings. The molecule has 88 valence electrons. The van der Waals surface area contributed by atoms with E-state index in [0.29, 0.717) is 11.6 Å². The van der Waals surface area contributed by atoms with Crippen molar-refractivity contribution in [1.82, 2.24) is 0 Å². The maximum Gasteiger partial charge on any atom is 0.123 e. The van der Waals surface area contributed by atoms with Gasteiger partial charge in [0.15, 0.2) is 0 Å². The van der Waals surface area contributed by atoms with Crippen molar-refractivity contribution in [2.45, 2.75) is 6.54 Å². The van der Waals surface area contributed by atoms with Gasteiger partial charge in [-0.05, 0) is 35.9 Å². The van der Waals surface area contributed by atoms with E-state index in [1.54, 1.807) is 6.07 Å². The molecule has 0 fully saturated rings. The Balaban J connectivity index is 2.12. The first-order valence-corrected chi connectivity index (χ1v) is 6.26. The lowest BCUT2D eigenvalue weighted by Gasteiger charge is -2.09. The second-order valence-electron chi connectivity index (χ2n) is 3.57. The van der Waals surface area contributed by atoms with E-state index >= 15 is 0 Å². The lowest BCUT2D eigenvalue weighted by atomic mass is 10.2. The summed E-state index contributed by atoms with van der Waals surface area (Å²) >= 11 is 9.40. The Morgan fingerprint density at radius 3 is 2.71 bits per heavy atom. The molecule has 0 saturated heterocycles. The summed E-state index contributed by atoms with van der Waals surface area (Å²) in [7, 11) is 0. The van der Waals surface area contributed by atoms with Crippen molar-refractivity contribution in [3.8, 4) is 0 Å². The summed E-state index contributed by atoms with van der Waals surface area (Å²) in [6, 6.07) is 12.1. The van der Waals surface area contributed by atoms with Gasteiger partial charge < -0.3 is 5.32 Å². The molecule has 0 bridgehead atoms. The number of benzene rings is 2. The maximum atomic E-state index is 13.1. The van der Waals surface area contributed by atoms with Crippen molar-refractivity contribution in [1.29, 1.82) is 0 Å². The first-order chi connectivity index (χ1) is 8.16. The molecule has 0 aliphatic heterocycles. The molecule has 1 N–H and O–H groups in total. The number of para-hydroxylation sites is 1. The molecule has 0 unspecified atom stereocenters. The van der Waals surface area contributed by atoms with Gasteiger partial charge in [-0.25, -0.2) is 4.39 Å². The van der Waals surface area contributed by atoms with Crippen molar-refractivity contribution in [2.75, 3.05) is 5.32 Å². The van der Waals surface area contributed by atoms with E-state index in [1.807, 2.05) is 24.3 Å². The fourth-order valence-corrected chi connectivity index (χ4v) is 2.06. The molecule has 0 aliphatic rings. The van der Waals surface area contributed by atoms with E-state index in [4.69, 9.17) is 11.6 Å². The summed E-state index contributed by atoms with van der Waals surface area (Å²) in [6.45, 7) is 0.516. The second kappa shape index (κ2) is 5.52. The van der Waals surface area contributed by atoms with Crippen LogP contribution in [0.15, 0.2) is 46.9 Å². The van der Waals surface area contributed by atoms with Crippen LogP contribution in [-0.4, -0.2) is 0 Å². The minimum absolute atomic E-state index is 0.246. The highest BCUT2D eigenvalue weighted by Crippen LogP contribution is 2.23. The number of hydrogen-bond acceptors (Lipinski definition) is 1. The van der Waals surface area contributed by atoms with Crippen LogP contribution in [0.1, 0.15) is 5.56 Å². The Kier molecular flexibility index (Phi) is 4.02. The molecular formula is C13H10BrClFN. The van der Waals surface area contributed by atoms with Crippen LogP contribution in [0, 0.1) is 5.82 Å². The SMILES string of the molecule is Fc1ccc(Br)c(CNc2ccccc2Cl)c1. The summed E-state index contributed by atoms with van der Waals surface area (Å²) in [5.74, 6) is -0.246. The molecular weight excluding hydrogens is 305 g/mol. The van der Waals surface area contributed by atoms with Crippen LogP contribution < -0.4 is 5.32 Å². The topological polar surface area (TPSA) is 12.0 Å². The molecule has 0 aromatic heterocycles. The van der Waals surface area contributed by atoms with E-state index in [2.05, 4.69) is 21.2 Å². The van der Waals surface area contributed by atoms with Crippen LogP contribution in [0.5, 0.6) is 0 Å². The van der Waals surface area contributed by atoms with Crippen LogP contribution in [0.25, 0.3) is 0 Å². The van der Waals surface area contributed by atoms with Gasteiger partial charge in [0, 0.05) is 11.0 Å². The first-order valence-electron chi connectivity index (χ1n) is 5.09. The zero-order valence-corrected chi connectivity index (χ0v) is 11.2. The predicted molar refractivity (Wildman–Crippen MR) is 72.9 cm³/mol. The third kappa shape index (κ3) is 3.20. The summed E-state index contributed by atoms with van der Waals surface area (Å²) < 4.78 is 14.0. The molecule has 0 aliphatic carbocycles. The van der Waals surface area contributed by atoms with E-state index in [0.717, 1.165) is 15.7 Å². The summed E-state index contributed by atoms with van der Waals surface area (Å²) in [4.78, 5) is 0. The molecule has 2 rings (SSSR count). The molecule has 17 heavy (non-hydrogen) atoms. The van der Waals surface area contributed by atoms with Gasteiger partial charge in [0.2, 0.25) is 0 Å². The third-order valence-electron chi connectivity index (χ3n) is 2.35. The monoisotopic (exact) mass is 313 g/mol. The second-order valence-corrected chi connectivity index (χ2v) is 4.83. The van der Waals surface area contributed by atoms with Gasteiger partial charge in [-0.15, -0.1) is 0 Å². The van der Waals surface area contributed by atoms with Crippen LogP contribution in [0.2, 0.25) is 5.02 Å². The summed E-state index contributed by atoms with van der Waals surface area (Å²) in [5.41, 5.74) is 1.69. The Morgan fingerprint density at radius 1 is 1.18 bits per heavy atom. The van der Waals surface area contributed by atoms with Crippen molar-refractivity contribution in [3.63, 3.8) is 0 Å². The van der Waals surface area contributed by atoms with Gasteiger partial charge in [-0.2, -0.15) is 0 Å². The standard InChI is InChI=1S/C13H10BrClFN/c14-11-6-5-10(16)7-9(11)8-17-13-4-2-1-3-12(13)15/h1-7,17H,8H2. The number of halogens is 3. The lowest BCUT2D eigenvalue weighted by molar-refractivity contribution is 0.625. The Bertz CT molecular complexity index is 531. The van der Waals surface area contributed by atoms with Crippen molar-refractivity contribution >= 4 is 33.2 Å². The normalized spacial score (nSPS) is 10.3. The predicted octanol–water partition coefficient (Wildman–Crippen LogP) is 4.85. The average Bonchev–Trinajstić information content (AvgIpc) is 2.32. The fourth-order valence-electron chi connectivity index (χ4n) is 1.47. The number of hydrogen-bond donors (Lipinski definition) is 1. The molecule has 0 spiro atoms. The van der Waals surface area contributed by atoms with E-state index in [9.17, 15) is 4.39 Å². The van der Waals surface area contributed by atoms with Crippen LogP contribution in [0.3, 0.4) is 0 Å². The first kappa shape index (κ1) is 12.4. The van der Waals surface area contributed by atoms with Crippen LogP contribution in [0.4, 0.5) is 10.1 Å². The molecule has 2 aromatic carbocycles. The number of nitrogens with one attached hydrogen (secondary N) is 1. The maximum absolute atomic E-state index is 13.1. The van der Waals surface area contributed by atoms with Gasteiger partial charge in [-0.1, -0.05) is 39.7 Å². The van der Waals surface area contributed by atoms with Gasteiger partial charge in [0.25, 0.3) is 0 Å². The highest BCUT2D eigenvalue weighted by atomic mass is 79.9. The Labute approximate surface area is 113 Å². The minimum atomic E-state index is -0.246. The minimum Gasteiger partial charge on any atom is -0.380 e. The highest BCUT2D eigenvalue weighted by molar-refractivity contribution is 9.10. The van der Waals surface area contributed by atoms with Crippen molar-refractivity contribution < 1.29 is 4.39 Å². The molecule has 4 heteroatoms. The number of rotatable bonds is 3. The Morgan fingerprint density at radius 2 is 1.94 bits per heavy atom. The van der Waals surface area contributed by atoms with Crippen LogP contribution >= 0.6 is 27.5 Å². The van der Waals surface area contributed by atoms with Gasteiger partial charge in [-0.3, -0.25) is 0 Å². The Hall–Kier alpha value is -1.06. The van der Waals surface area contributed by atoms with Crippen molar-refractivity contribution in [2.24, 2.45) is 0 Å². The molecule has 0 saturated carbocycles. The third-order valence-corrected chi connectivity index (χ3v) is 3.45. The zero-order chi connectivity index (χ0) is 12.3. The van der Waals surface area contributed by atoms with Gasteiger partial charge in [0.1, 0.15) is 5.82 Å². The molecule has 0 radical (unpaired) electrons. The lowest BCUT2D eigenvalue weighted by Crippen LogP contribution is -2.01.